The van der Waals surface area contributed by atoms with Gasteiger partial charge in [-0.1, -0.05) is 19.3 Å². The van der Waals surface area contributed by atoms with Crippen LogP contribution >= 0.6 is 0 Å². The SMILES string of the molecule is C#CCNC(=O)C(C)N1CCC(CCC)(C(=O)O)CC1. The first-order valence-corrected chi connectivity index (χ1v) is 7.15. The van der Waals surface area contributed by atoms with E-state index in [4.69, 9.17) is 6.42 Å². The van der Waals surface area contributed by atoms with E-state index < -0.39 is 11.4 Å². The fraction of sp³-hybridized carbons (Fsp3) is 0.733. The van der Waals surface area contributed by atoms with Crippen molar-refractivity contribution in [2.75, 3.05) is 19.6 Å². The number of carboxylic acids is 1. The van der Waals surface area contributed by atoms with Gasteiger partial charge in [0, 0.05) is 13.1 Å². The van der Waals surface area contributed by atoms with E-state index in [2.05, 4.69) is 11.2 Å². The van der Waals surface area contributed by atoms with Crippen LogP contribution in [0.1, 0.15) is 39.5 Å². The third kappa shape index (κ3) is 3.73. The van der Waals surface area contributed by atoms with Crippen LogP contribution in [0.5, 0.6) is 0 Å². The Bertz CT molecular complexity index is 392. The quantitative estimate of drug-likeness (QED) is 0.715. The number of nitrogens with one attached hydrogen (secondary N) is 1. The molecule has 20 heavy (non-hydrogen) atoms. The molecule has 1 unspecified atom stereocenters. The number of carbonyl (C=O) groups excluding carboxylic acids is 1. The van der Waals surface area contributed by atoms with Crippen molar-refractivity contribution in [2.45, 2.75) is 45.6 Å². The molecule has 112 valence electrons. The molecule has 0 bridgehead atoms. The second-order valence-corrected chi connectivity index (χ2v) is 5.47. The largest absolute Gasteiger partial charge is 0.481 e. The highest BCUT2D eigenvalue weighted by Gasteiger charge is 2.41. The number of aliphatic carboxylic acids is 1. The summed E-state index contributed by atoms with van der Waals surface area (Å²) in [5.41, 5.74) is -0.611. The Morgan fingerprint density at radius 2 is 2.05 bits per heavy atom. The van der Waals surface area contributed by atoms with Crippen LogP contribution in [-0.4, -0.2) is 47.6 Å². The van der Waals surface area contributed by atoms with Gasteiger partial charge in [-0.3, -0.25) is 14.5 Å². The van der Waals surface area contributed by atoms with Crippen molar-refractivity contribution in [3.63, 3.8) is 0 Å². The van der Waals surface area contributed by atoms with Gasteiger partial charge in [0.25, 0.3) is 0 Å². The molecule has 0 aromatic rings. The average Bonchev–Trinajstić information content (AvgIpc) is 2.44. The number of piperidine rings is 1. The number of amides is 1. The summed E-state index contributed by atoms with van der Waals surface area (Å²) in [5, 5.41) is 12.1. The lowest BCUT2D eigenvalue weighted by molar-refractivity contribution is -0.153. The Hall–Kier alpha value is -1.54. The summed E-state index contributed by atoms with van der Waals surface area (Å²) in [6.07, 6.45) is 7.88. The Kier molecular flexibility index (Phi) is 6.03. The number of nitrogens with zero attached hydrogens (tertiary/aromatic N) is 1. The number of terminal acetylenes is 1. The number of hydrogen-bond donors (Lipinski definition) is 2. The van der Waals surface area contributed by atoms with Crippen molar-refractivity contribution in [1.29, 1.82) is 0 Å². The van der Waals surface area contributed by atoms with E-state index in [-0.39, 0.29) is 18.5 Å². The van der Waals surface area contributed by atoms with Crippen LogP contribution in [0.3, 0.4) is 0 Å². The lowest BCUT2D eigenvalue weighted by atomic mass is 9.75. The molecule has 0 radical (unpaired) electrons. The third-order valence-electron chi connectivity index (χ3n) is 4.23. The molecule has 1 rings (SSSR count). The van der Waals surface area contributed by atoms with Gasteiger partial charge in [0.2, 0.25) is 5.91 Å². The molecule has 0 spiro atoms. The van der Waals surface area contributed by atoms with Crippen LogP contribution in [0.25, 0.3) is 0 Å². The van der Waals surface area contributed by atoms with Gasteiger partial charge in [0.1, 0.15) is 0 Å². The van der Waals surface area contributed by atoms with E-state index in [1.807, 2.05) is 18.7 Å². The highest BCUT2D eigenvalue weighted by molar-refractivity contribution is 5.81. The normalized spacial score (nSPS) is 19.9. The molecule has 1 amide bonds. The predicted molar refractivity (Wildman–Crippen MR) is 77.1 cm³/mol. The average molecular weight is 280 g/mol. The Balaban J connectivity index is 2.58. The second-order valence-electron chi connectivity index (χ2n) is 5.47. The Labute approximate surface area is 120 Å². The van der Waals surface area contributed by atoms with Gasteiger partial charge in [-0.05, 0) is 26.2 Å². The first-order chi connectivity index (χ1) is 9.46. The summed E-state index contributed by atoms with van der Waals surface area (Å²) in [4.78, 5) is 25.4. The summed E-state index contributed by atoms with van der Waals surface area (Å²) >= 11 is 0. The number of hydrogen-bond acceptors (Lipinski definition) is 3. The highest BCUT2D eigenvalue weighted by atomic mass is 16.4. The molecular formula is C15H24N2O3. The molecule has 1 aliphatic rings. The maximum absolute atomic E-state index is 11.9. The van der Waals surface area contributed by atoms with Gasteiger partial charge in [-0.2, -0.15) is 0 Å². The zero-order valence-electron chi connectivity index (χ0n) is 12.3. The van der Waals surface area contributed by atoms with Gasteiger partial charge in [-0.15, -0.1) is 6.42 Å². The minimum Gasteiger partial charge on any atom is -0.481 e. The summed E-state index contributed by atoms with van der Waals surface area (Å²) in [6.45, 7) is 5.34. The van der Waals surface area contributed by atoms with Gasteiger partial charge < -0.3 is 10.4 Å². The fourth-order valence-corrected chi connectivity index (χ4v) is 2.84. The first-order valence-electron chi connectivity index (χ1n) is 7.15. The standard InChI is InChI=1S/C15H24N2O3/c1-4-6-15(14(19)20)7-10-17(11-8-15)12(3)13(18)16-9-5-2/h2,12H,4,6-11H2,1,3H3,(H,16,18)(H,19,20). The molecule has 1 fully saturated rings. The van der Waals surface area contributed by atoms with Crippen molar-refractivity contribution in [3.05, 3.63) is 0 Å². The number of likely N-dealkylation sites (tertiary alicyclic amines) is 1. The smallest absolute Gasteiger partial charge is 0.309 e. The molecule has 5 nitrogen and oxygen atoms in total. The summed E-state index contributed by atoms with van der Waals surface area (Å²) < 4.78 is 0. The van der Waals surface area contributed by atoms with E-state index in [0.717, 1.165) is 6.42 Å². The zero-order valence-corrected chi connectivity index (χ0v) is 12.3. The van der Waals surface area contributed by atoms with Crippen LogP contribution in [0.4, 0.5) is 0 Å². The van der Waals surface area contributed by atoms with Gasteiger partial charge in [0.05, 0.1) is 18.0 Å². The van der Waals surface area contributed by atoms with E-state index in [1.165, 1.54) is 0 Å². The molecule has 0 aliphatic carbocycles. The monoisotopic (exact) mass is 280 g/mol. The maximum atomic E-state index is 11.9. The summed E-state index contributed by atoms with van der Waals surface area (Å²) in [5.74, 6) is 1.57. The van der Waals surface area contributed by atoms with Crippen LogP contribution in [0.15, 0.2) is 0 Å². The number of carbonyl (C=O) groups is 2. The van der Waals surface area contributed by atoms with Crippen molar-refractivity contribution >= 4 is 11.9 Å². The van der Waals surface area contributed by atoms with E-state index in [1.54, 1.807) is 0 Å². The van der Waals surface area contributed by atoms with Crippen molar-refractivity contribution in [1.82, 2.24) is 10.2 Å². The van der Waals surface area contributed by atoms with Crippen molar-refractivity contribution < 1.29 is 14.7 Å². The number of carboxylic acid groups (broad SMARTS) is 1. The van der Waals surface area contributed by atoms with Gasteiger partial charge in [0.15, 0.2) is 0 Å². The van der Waals surface area contributed by atoms with Crippen LogP contribution in [0.2, 0.25) is 0 Å². The molecule has 2 N–H and O–H groups in total. The van der Waals surface area contributed by atoms with Crippen molar-refractivity contribution in [2.24, 2.45) is 5.41 Å². The Morgan fingerprint density at radius 3 is 2.50 bits per heavy atom. The minimum atomic E-state index is -0.705. The van der Waals surface area contributed by atoms with Crippen LogP contribution in [0, 0.1) is 17.8 Å². The third-order valence-corrected chi connectivity index (χ3v) is 4.23. The molecular weight excluding hydrogens is 256 g/mol. The van der Waals surface area contributed by atoms with E-state index in [0.29, 0.717) is 32.4 Å². The van der Waals surface area contributed by atoms with Gasteiger partial charge in [-0.25, -0.2) is 0 Å². The highest BCUT2D eigenvalue weighted by Crippen LogP contribution is 2.36. The first kappa shape index (κ1) is 16.5. The minimum absolute atomic E-state index is 0.0960. The molecule has 1 heterocycles. The predicted octanol–water partition coefficient (Wildman–Crippen LogP) is 1.09. The second kappa shape index (κ2) is 7.30. The molecule has 5 heteroatoms. The lowest BCUT2D eigenvalue weighted by Crippen LogP contribution is -2.52. The van der Waals surface area contributed by atoms with Gasteiger partial charge >= 0.3 is 5.97 Å². The lowest BCUT2D eigenvalue weighted by Gasteiger charge is -2.40. The van der Waals surface area contributed by atoms with E-state index >= 15 is 0 Å². The molecule has 0 saturated carbocycles. The van der Waals surface area contributed by atoms with Crippen LogP contribution in [-0.2, 0) is 9.59 Å². The topological polar surface area (TPSA) is 69.6 Å². The van der Waals surface area contributed by atoms with Crippen molar-refractivity contribution in [3.8, 4) is 12.3 Å². The molecule has 1 aliphatic heterocycles. The summed E-state index contributed by atoms with van der Waals surface area (Å²) in [6, 6.07) is -0.267. The van der Waals surface area contributed by atoms with Crippen LogP contribution < -0.4 is 5.32 Å². The number of rotatable bonds is 6. The fourth-order valence-electron chi connectivity index (χ4n) is 2.84. The zero-order chi connectivity index (χ0) is 15.2. The molecule has 1 atom stereocenters. The molecule has 0 aromatic heterocycles. The summed E-state index contributed by atoms with van der Waals surface area (Å²) in [7, 11) is 0. The molecule has 1 saturated heterocycles. The maximum Gasteiger partial charge on any atom is 0.309 e. The molecule has 0 aromatic carbocycles. The van der Waals surface area contributed by atoms with E-state index in [9.17, 15) is 14.7 Å². The Morgan fingerprint density at radius 1 is 1.45 bits per heavy atom.